The molecule has 1 rings (SSSR count). The second kappa shape index (κ2) is 5.74. The minimum atomic E-state index is -4.90. The Hall–Kier alpha value is -2.03. The van der Waals surface area contributed by atoms with E-state index in [1.54, 1.807) is 0 Å². The molecule has 3 N–H and O–H groups in total. The van der Waals surface area contributed by atoms with E-state index in [0.29, 0.717) is 0 Å². The first-order chi connectivity index (χ1) is 8.76. The summed E-state index contributed by atoms with van der Waals surface area (Å²) in [6, 6.07) is 0.866. The molecular weight excluding hydrogens is 269 g/mol. The molecule has 1 aromatic rings. The standard InChI is InChI=1S/C10H11F3N2O4/c1-18-7-3-8(19-10(11,12)13)15-6(4-14)5(7)2-9(16)17/h3H,2,4,14H2,1H3,(H,16,17). The molecule has 0 saturated carbocycles. The highest BCUT2D eigenvalue weighted by atomic mass is 19.4. The van der Waals surface area contributed by atoms with Gasteiger partial charge in [0.15, 0.2) is 0 Å². The molecule has 0 spiro atoms. The third-order valence-corrected chi connectivity index (χ3v) is 2.11. The van der Waals surface area contributed by atoms with Crippen LogP contribution in [0.25, 0.3) is 0 Å². The first kappa shape index (κ1) is 15.0. The average molecular weight is 280 g/mol. The second-order valence-corrected chi connectivity index (χ2v) is 3.41. The van der Waals surface area contributed by atoms with Crippen molar-refractivity contribution in [1.82, 2.24) is 4.98 Å². The fraction of sp³-hybridized carbons (Fsp3) is 0.400. The van der Waals surface area contributed by atoms with E-state index < -0.39 is 24.6 Å². The van der Waals surface area contributed by atoms with Crippen LogP contribution in [0.15, 0.2) is 6.07 Å². The number of ether oxygens (including phenoxy) is 2. The number of methoxy groups -OCH3 is 1. The van der Waals surface area contributed by atoms with Gasteiger partial charge in [-0.25, -0.2) is 4.98 Å². The number of aliphatic carboxylic acids is 1. The molecule has 0 unspecified atom stereocenters. The van der Waals surface area contributed by atoms with Gasteiger partial charge in [0.05, 0.1) is 19.2 Å². The number of hydrogen-bond donors (Lipinski definition) is 2. The normalized spacial score (nSPS) is 11.2. The van der Waals surface area contributed by atoms with Crippen LogP contribution in [0.1, 0.15) is 11.3 Å². The number of nitrogens with two attached hydrogens (primary N) is 1. The van der Waals surface area contributed by atoms with Crippen LogP contribution in [-0.4, -0.2) is 29.5 Å². The highest BCUT2D eigenvalue weighted by Crippen LogP contribution is 2.29. The number of rotatable bonds is 5. The Morgan fingerprint density at radius 3 is 2.58 bits per heavy atom. The van der Waals surface area contributed by atoms with Crippen molar-refractivity contribution < 1.29 is 32.5 Å². The zero-order valence-electron chi connectivity index (χ0n) is 9.82. The van der Waals surface area contributed by atoms with Crippen molar-refractivity contribution in [3.8, 4) is 11.6 Å². The Bertz CT molecular complexity index is 451. The molecule has 1 aromatic heterocycles. The van der Waals surface area contributed by atoms with Crippen molar-refractivity contribution in [2.24, 2.45) is 5.73 Å². The van der Waals surface area contributed by atoms with E-state index in [0.717, 1.165) is 6.07 Å². The predicted octanol–water partition coefficient (Wildman–Crippen LogP) is 1.07. The zero-order valence-corrected chi connectivity index (χ0v) is 9.82. The lowest BCUT2D eigenvalue weighted by atomic mass is 10.1. The maximum Gasteiger partial charge on any atom is 0.574 e. The van der Waals surface area contributed by atoms with E-state index in [1.165, 1.54) is 7.11 Å². The molecule has 19 heavy (non-hydrogen) atoms. The molecule has 0 saturated heterocycles. The molecule has 0 aliphatic rings. The summed E-state index contributed by atoms with van der Waals surface area (Å²) in [5, 5.41) is 8.73. The van der Waals surface area contributed by atoms with E-state index in [2.05, 4.69) is 9.72 Å². The van der Waals surface area contributed by atoms with Crippen molar-refractivity contribution in [3.63, 3.8) is 0 Å². The predicted molar refractivity (Wildman–Crippen MR) is 56.7 cm³/mol. The molecule has 0 amide bonds. The van der Waals surface area contributed by atoms with Gasteiger partial charge in [0, 0.05) is 18.2 Å². The minimum Gasteiger partial charge on any atom is -0.496 e. The molecular formula is C10H11F3N2O4. The SMILES string of the molecule is COc1cc(OC(F)(F)F)nc(CN)c1CC(=O)O. The Labute approximate surface area is 105 Å². The lowest BCUT2D eigenvalue weighted by Gasteiger charge is -2.14. The van der Waals surface area contributed by atoms with Crippen molar-refractivity contribution in [1.29, 1.82) is 0 Å². The molecule has 0 aliphatic heterocycles. The zero-order chi connectivity index (χ0) is 14.6. The van der Waals surface area contributed by atoms with E-state index in [1.807, 2.05) is 0 Å². The smallest absolute Gasteiger partial charge is 0.496 e. The van der Waals surface area contributed by atoms with Gasteiger partial charge in [0.1, 0.15) is 5.75 Å². The van der Waals surface area contributed by atoms with E-state index in [-0.39, 0.29) is 23.6 Å². The summed E-state index contributed by atoms with van der Waals surface area (Å²) in [6.07, 6.45) is -5.37. The molecule has 9 heteroatoms. The van der Waals surface area contributed by atoms with Crippen LogP contribution in [0, 0.1) is 0 Å². The molecule has 0 aromatic carbocycles. The summed E-state index contributed by atoms with van der Waals surface area (Å²) in [5.74, 6) is -2.00. The summed E-state index contributed by atoms with van der Waals surface area (Å²) in [4.78, 5) is 14.2. The summed E-state index contributed by atoms with van der Waals surface area (Å²) < 4.78 is 44.8. The molecule has 0 fully saturated rings. The summed E-state index contributed by atoms with van der Waals surface area (Å²) in [7, 11) is 1.19. The summed E-state index contributed by atoms with van der Waals surface area (Å²) in [6.45, 7) is -0.242. The highest BCUT2D eigenvalue weighted by molar-refractivity contribution is 5.72. The van der Waals surface area contributed by atoms with Crippen molar-refractivity contribution in [2.75, 3.05) is 7.11 Å². The van der Waals surface area contributed by atoms with Crippen LogP contribution in [0.2, 0.25) is 0 Å². The van der Waals surface area contributed by atoms with Crippen molar-refractivity contribution in [2.45, 2.75) is 19.3 Å². The van der Waals surface area contributed by atoms with Gasteiger partial charge in [0.25, 0.3) is 0 Å². The lowest BCUT2D eigenvalue weighted by Crippen LogP contribution is -2.19. The topological polar surface area (TPSA) is 94.7 Å². The van der Waals surface area contributed by atoms with Crippen molar-refractivity contribution >= 4 is 5.97 Å². The maximum absolute atomic E-state index is 12.1. The Balaban J connectivity index is 3.23. The van der Waals surface area contributed by atoms with Gasteiger partial charge in [-0.05, 0) is 0 Å². The fourth-order valence-corrected chi connectivity index (χ4v) is 1.44. The molecule has 0 bridgehead atoms. The number of carboxylic acids is 1. The number of pyridine rings is 1. The van der Waals surface area contributed by atoms with Crippen LogP contribution in [0.4, 0.5) is 13.2 Å². The Morgan fingerprint density at radius 1 is 1.53 bits per heavy atom. The van der Waals surface area contributed by atoms with Crippen LogP contribution in [0.5, 0.6) is 11.6 Å². The van der Waals surface area contributed by atoms with Crippen LogP contribution in [-0.2, 0) is 17.8 Å². The molecule has 1 heterocycles. The third-order valence-electron chi connectivity index (χ3n) is 2.11. The van der Waals surface area contributed by atoms with Crippen LogP contribution >= 0.6 is 0 Å². The summed E-state index contributed by atoms with van der Waals surface area (Å²) >= 11 is 0. The number of carboxylic acid groups (broad SMARTS) is 1. The van der Waals surface area contributed by atoms with E-state index in [4.69, 9.17) is 15.6 Å². The van der Waals surface area contributed by atoms with Gasteiger partial charge in [-0.2, -0.15) is 0 Å². The van der Waals surface area contributed by atoms with Gasteiger partial charge < -0.3 is 20.3 Å². The van der Waals surface area contributed by atoms with Gasteiger partial charge in [0.2, 0.25) is 5.88 Å². The minimum absolute atomic E-state index is 0.0269. The van der Waals surface area contributed by atoms with E-state index in [9.17, 15) is 18.0 Å². The van der Waals surface area contributed by atoms with Gasteiger partial charge in [-0.1, -0.05) is 0 Å². The largest absolute Gasteiger partial charge is 0.574 e. The first-order valence-electron chi connectivity index (χ1n) is 5.01. The molecule has 0 radical (unpaired) electrons. The fourth-order valence-electron chi connectivity index (χ4n) is 1.44. The van der Waals surface area contributed by atoms with Gasteiger partial charge >= 0.3 is 12.3 Å². The number of aromatic nitrogens is 1. The molecule has 0 aliphatic carbocycles. The Morgan fingerprint density at radius 2 is 2.16 bits per heavy atom. The van der Waals surface area contributed by atoms with Gasteiger partial charge in [-0.3, -0.25) is 4.79 Å². The second-order valence-electron chi connectivity index (χ2n) is 3.41. The monoisotopic (exact) mass is 280 g/mol. The quantitative estimate of drug-likeness (QED) is 0.838. The number of halogens is 3. The number of carbonyl (C=O) groups is 1. The third kappa shape index (κ3) is 4.28. The summed E-state index contributed by atoms with van der Waals surface area (Å²) in [5.41, 5.74) is 5.43. The highest BCUT2D eigenvalue weighted by Gasteiger charge is 2.32. The number of alkyl halides is 3. The van der Waals surface area contributed by atoms with Gasteiger partial charge in [-0.15, -0.1) is 13.2 Å². The Kier molecular flexibility index (Phi) is 4.54. The van der Waals surface area contributed by atoms with E-state index >= 15 is 0 Å². The first-order valence-corrected chi connectivity index (χ1v) is 5.01. The lowest BCUT2D eigenvalue weighted by molar-refractivity contribution is -0.276. The average Bonchev–Trinajstić information content (AvgIpc) is 2.27. The molecule has 0 atom stereocenters. The van der Waals surface area contributed by atoms with Crippen LogP contribution < -0.4 is 15.2 Å². The van der Waals surface area contributed by atoms with Crippen LogP contribution in [0.3, 0.4) is 0 Å². The van der Waals surface area contributed by atoms with Crippen molar-refractivity contribution in [3.05, 3.63) is 17.3 Å². The molecule has 106 valence electrons. The number of hydrogen-bond acceptors (Lipinski definition) is 5. The molecule has 6 nitrogen and oxygen atoms in total. The number of nitrogens with zero attached hydrogens (tertiary/aromatic N) is 1. The maximum atomic E-state index is 12.1.